The first-order valence-electron chi connectivity index (χ1n) is 4.62. The van der Waals surface area contributed by atoms with Gasteiger partial charge in [-0.2, -0.15) is 0 Å². The molecular formula is C9H13N3O2. The molecule has 5 nitrogen and oxygen atoms in total. The molecule has 0 amide bonds. The average molecular weight is 195 g/mol. The highest BCUT2D eigenvalue weighted by Crippen LogP contribution is 2.15. The van der Waals surface area contributed by atoms with Crippen molar-refractivity contribution in [2.75, 3.05) is 25.1 Å². The number of hydrogen-bond acceptors (Lipinski definition) is 4. The van der Waals surface area contributed by atoms with E-state index in [-0.39, 0.29) is 11.7 Å². The molecule has 1 aliphatic heterocycles. The lowest BCUT2D eigenvalue weighted by atomic mass is 10.3. The van der Waals surface area contributed by atoms with Gasteiger partial charge in [-0.15, -0.1) is 0 Å². The van der Waals surface area contributed by atoms with Gasteiger partial charge < -0.3 is 14.6 Å². The van der Waals surface area contributed by atoms with Gasteiger partial charge in [-0.1, -0.05) is 0 Å². The second kappa shape index (κ2) is 3.79. The van der Waals surface area contributed by atoms with Crippen molar-refractivity contribution in [2.24, 2.45) is 0 Å². The molecule has 1 fully saturated rings. The maximum atomic E-state index is 11.4. The molecule has 1 aromatic rings. The zero-order valence-corrected chi connectivity index (χ0v) is 8.06. The number of aromatic nitrogens is 2. The van der Waals surface area contributed by atoms with Crippen LogP contribution in [0.25, 0.3) is 0 Å². The molecule has 0 radical (unpaired) electrons. The van der Waals surface area contributed by atoms with E-state index in [1.807, 2.05) is 4.90 Å². The normalized spacial score (nSPS) is 21.5. The van der Waals surface area contributed by atoms with E-state index in [2.05, 4.69) is 9.97 Å². The van der Waals surface area contributed by atoms with Crippen molar-refractivity contribution >= 4 is 5.82 Å². The van der Waals surface area contributed by atoms with Crippen LogP contribution in [-0.4, -0.2) is 36.3 Å². The van der Waals surface area contributed by atoms with Crippen molar-refractivity contribution in [3.8, 4) is 0 Å². The molecular weight excluding hydrogens is 182 g/mol. The van der Waals surface area contributed by atoms with Crippen LogP contribution in [-0.2, 0) is 4.74 Å². The van der Waals surface area contributed by atoms with Crippen LogP contribution in [0.1, 0.15) is 6.42 Å². The molecule has 0 aliphatic carbocycles. The van der Waals surface area contributed by atoms with Gasteiger partial charge in [0.15, 0.2) is 5.82 Å². The maximum absolute atomic E-state index is 11.4. The van der Waals surface area contributed by atoms with Gasteiger partial charge in [0, 0.05) is 32.6 Å². The molecule has 14 heavy (non-hydrogen) atoms. The Hall–Kier alpha value is -1.36. The predicted molar refractivity (Wildman–Crippen MR) is 52.5 cm³/mol. The van der Waals surface area contributed by atoms with Crippen molar-refractivity contribution in [1.29, 1.82) is 0 Å². The van der Waals surface area contributed by atoms with Gasteiger partial charge in [0.25, 0.3) is 5.56 Å². The highest BCUT2D eigenvalue weighted by atomic mass is 16.5. The van der Waals surface area contributed by atoms with E-state index in [0.717, 1.165) is 19.5 Å². The Morgan fingerprint density at radius 1 is 1.71 bits per heavy atom. The first kappa shape index (κ1) is 9.21. The van der Waals surface area contributed by atoms with E-state index in [1.54, 1.807) is 13.3 Å². The third-order valence-corrected chi connectivity index (χ3v) is 2.47. The van der Waals surface area contributed by atoms with Gasteiger partial charge in [-0.05, 0) is 6.42 Å². The van der Waals surface area contributed by atoms with Crippen molar-refractivity contribution in [3.05, 3.63) is 22.7 Å². The number of methoxy groups -OCH3 is 1. The van der Waals surface area contributed by atoms with Crippen LogP contribution in [0, 0.1) is 0 Å². The van der Waals surface area contributed by atoms with Gasteiger partial charge in [-0.25, -0.2) is 4.98 Å². The monoisotopic (exact) mass is 195 g/mol. The van der Waals surface area contributed by atoms with E-state index < -0.39 is 0 Å². The summed E-state index contributed by atoms with van der Waals surface area (Å²) in [5, 5.41) is 0. The molecule has 1 saturated heterocycles. The minimum atomic E-state index is -0.135. The number of nitrogens with zero attached hydrogens (tertiary/aromatic N) is 2. The van der Waals surface area contributed by atoms with Crippen molar-refractivity contribution in [3.63, 3.8) is 0 Å². The molecule has 0 spiro atoms. The molecule has 2 rings (SSSR count). The largest absolute Gasteiger partial charge is 0.380 e. The number of rotatable bonds is 2. The Morgan fingerprint density at radius 3 is 3.21 bits per heavy atom. The number of anilines is 1. The molecule has 1 atom stereocenters. The highest BCUT2D eigenvalue weighted by Gasteiger charge is 2.24. The Bertz CT molecular complexity index is 363. The fourth-order valence-corrected chi connectivity index (χ4v) is 1.68. The molecule has 2 heterocycles. The fraction of sp³-hybridized carbons (Fsp3) is 0.556. The lowest BCUT2D eigenvalue weighted by Gasteiger charge is -2.15. The van der Waals surface area contributed by atoms with Gasteiger partial charge in [0.05, 0.1) is 6.10 Å². The van der Waals surface area contributed by atoms with E-state index in [4.69, 9.17) is 4.74 Å². The summed E-state index contributed by atoms with van der Waals surface area (Å²) in [4.78, 5) is 20.0. The van der Waals surface area contributed by atoms with E-state index >= 15 is 0 Å². The number of H-pyrrole nitrogens is 1. The molecule has 1 unspecified atom stereocenters. The summed E-state index contributed by atoms with van der Waals surface area (Å²) < 4.78 is 5.22. The first-order chi connectivity index (χ1) is 6.81. The fourth-order valence-electron chi connectivity index (χ4n) is 1.68. The topological polar surface area (TPSA) is 58.2 Å². The van der Waals surface area contributed by atoms with Crippen LogP contribution in [0.5, 0.6) is 0 Å². The molecule has 0 bridgehead atoms. The van der Waals surface area contributed by atoms with Crippen LogP contribution < -0.4 is 10.5 Å². The van der Waals surface area contributed by atoms with E-state index in [0.29, 0.717) is 5.82 Å². The third-order valence-electron chi connectivity index (χ3n) is 2.47. The Labute approximate surface area is 81.7 Å². The summed E-state index contributed by atoms with van der Waals surface area (Å²) in [6, 6.07) is 0. The van der Waals surface area contributed by atoms with Crippen molar-refractivity contribution < 1.29 is 4.74 Å². The second-order valence-electron chi connectivity index (χ2n) is 3.33. The predicted octanol–water partition coefficient (Wildman–Crippen LogP) is -0.00500. The summed E-state index contributed by atoms with van der Waals surface area (Å²) in [6.45, 7) is 1.58. The van der Waals surface area contributed by atoms with Crippen LogP contribution in [0.2, 0.25) is 0 Å². The van der Waals surface area contributed by atoms with Gasteiger partial charge in [0.1, 0.15) is 0 Å². The average Bonchev–Trinajstić information content (AvgIpc) is 2.67. The van der Waals surface area contributed by atoms with Crippen LogP contribution >= 0.6 is 0 Å². The van der Waals surface area contributed by atoms with Gasteiger partial charge >= 0.3 is 0 Å². The number of aromatic amines is 1. The second-order valence-corrected chi connectivity index (χ2v) is 3.33. The number of ether oxygens (including phenoxy) is 1. The molecule has 0 saturated carbocycles. The summed E-state index contributed by atoms with van der Waals surface area (Å²) in [6.07, 6.45) is 4.30. The Morgan fingerprint density at radius 2 is 2.57 bits per heavy atom. The van der Waals surface area contributed by atoms with E-state index in [1.165, 1.54) is 6.20 Å². The molecule has 5 heteroatoms. The lowest BCUT2D eigenvalue weighted by Crippen LogP contribution is -2.29. The minimum absolute atomic E-state index is 0.135. The molecule has 0 aromatic carbocycles. The zero-order valence-electron chi connectivity index (χ0n) is 8.06. The summed E-state index contributed by atoms with van der Waals surface area (Å²) >= 11 is 0. The Kier molecular flexibility index (Phi) is 2.49. The third kappa shape index (κ3) is 1.63. The SMILES string of the molecule is COC1CCN(c2ncc[nH]c2=O)C1. The molecule has 76 valence electrons. The smallest absolute Gasteiger partial charge is 0.290 e. The maximum Gasteiger partial charge on any atom is 0.290 e. The van der Waals surface area contributed by atoms with Crippen LogP contribution in [0.3, 0.4) is 0 Å². The molecule has 1 N–H and O–H groups in total. The molecule has 1 aliphatic rings. The van der Waals surface area contributed by atoms with Gasteiger partial charge in [0.2, 0.25) is 0 Å². The summed E-state index contributed by atoms with van der Waals surface area (Å²) in [7, 11) is 1.69. The summed E-state index contributed by atoms with van der Waals surface area (Å²) in [5.41, 5.74) is -0.135. The van der Waals surface area contributed by atoms with Crippen molar-refractivity contribution in [2.45, 2.75) is 12.5 Å². The van der Waals surface area contributed by atoms with Crippen LogP contribution in [0.4, 0.5) is 5.82 Å². The number of hydrogen-bond donors (Lipinski definition) is 1. The minimum Gasteiger partial charge on any atom is -0.380 e. The summed E-state index contributed by atoms with van der Waals surface area (Å²) in [5.74, 6) is 0.493. The first-order valence-corrected chi connectivity index (χ1v) is 4.62. The Balaban J connectivity index is 2.18. The highest BCUT2D eigenvalue weighted by molar-refractivity contribution is 5.36. The lowest BCUT2D eigenvalue weighted by molar-refractivity contribution is 0.121. The quantitative estimate of drug-likeness (QED) is 0.721. The number of nitrogens with one attached hydrogen (secondary N) is 1. The van der Waals surface area contributed by atoms with Crippen LogP contribution in [0.15, 0.2) is 17.2 Å². The van der Waals surface area contributed by atoms with Gasteiger partial charge in [-0.3, -0.25) is 4.79 Å². The standard InChI is InChI=1S/C9H13N3O2/c1-14-7-2-5-12(6-7)8-9(13)11-4-3-10-8/h3-4,7H,2,5-6H2,1H3,(H,11,13). The van der Waals surface area contributed by atoms with Crippen molar-refractivity contribution in [1.82, 2.24) is 9.97 Å². The van der Waals surface area contributed by atoms with E-state index in [9.17, 15) is 4.79 Å². The molecule has 1 aromatic heterocycles. The zero-order chi connectivity index (χ0) is 9.97.